The summed E-state index contributed by atoms with van der Waals surface area (Å²) in [5.74, 6) is 0.250. The summed E-state index contributed by atoms with van der Waals surface area (Å²) in [6.07, 6.45) is 3.57. The number of hydrogen-bond acceptors (Lipinski definition) is 6. The summed E-state index contributed by atoms with van der Waals surface area (Å²) < 4.78 is 11.0. The van der Waals surface area contributed by atoms with Crippen LogP contribution in [0.5, 0.6) is 5.75 Å². The monoisotopic (exact) mass is 515 g/mol. The molecule has 2 rings (SSSR count). The second-order valence-electron chi connectivity index (χ2n) is 8.29. The maximum Gasteiger partial charge on any atom is 0.307 e. The van der Waals surface area contributed by atoms with E-state index in [1.165, 1.54) is 22.1 Å². The van der Waals surface area contributed by atoms with E-state index in [2.05, 4.69) is 5.32 Å². The smallest absolute Gasteiger partial charge is 0.307 e. The Morgan fingerprint density at radius 3 is 2.50 bits per heavy atom. The van der Waals surface area contributed by atoms with Crippen LogP contribution in [0, 0.1) is 6.92 Å². The Balaban J connectivity index is 1.93. The summed E-state index contributed by atoms with van der Waals surface area (Å²) in [7, 11) is 3.23. The molecule has 0 radical (unpaired) electrons. The zero-order valence-electron chi connectivity index (χ0n) is 21.2. The Hall–Kier alpha value is -3.36. The van der Waals surface area contributed by atoms with Crippen molar-refractivity contribution in [2.45, 2.75) is 32.9 Å². The zero-order valence-corrected chi connectivity index (χ0v) is 22.0. The predicted molar refractivity (Wildman–Crippen MR) is 140 cm³/mol. The van der Waals surface area contributed by atoms with Crippen LogP contribution in [-0.2, 0) is 25.7 Å². The molecule has 0 saturated carbocycles. The SMILES string of the molecule is CCOC(=O)CC(NCc1ccc(OCCN(C)C(=O)/C=C\N(C)C=O)c(C)c1)c1ccc(Cl)cc1. The van der Waals surface area contributed by atoms with Crippen molar-refractivity contribution in [3.8, 4) is 5.75 Å². The van der Waals surface area contributed by atoms with Gasteiger partial charge in [-0.05, 0) is 48.7 Å². The minimum atomic E-state index is -0.264. The van der Waals surface area contributed by atoms with Crippen LogP contribution in [0.1, 0.15) is 36.1 Å². The van der Waals surface area contributed by atoms with Crippen LogP contribution in [0.3, 0.4) is 0 Å². The van der Waals surface area contributed by atoms with E-state index in [9.17, 15) is 14.4 Å². The van der Waals surface area contributed by atoms with Crippen LogP contribution >= 0.6 is 11.6 Å². The standard InChI is InChI=1S/C27H34ClN3O5/c1-5-35-27(34)17-24(22-7-9-23(28)10-8-22)29-18-21-6-11-25(20(2)16-21)36-15-14-31(4)26(33)12-13-30(3)19-32/h6-13,16,19,24,29H,5,14-15,17-18H2,1-4H3/b13-12-. The number of hydrogen-bond donors (Lipinski definition) is 1. The van der Waals surface area contributed by atoms with Gasteiger partial charge in [0.05, 0.1) is 19.6 Å². The van der Waals surface area contributed by atoms with Crippen molar-refractivity contribution in [3.05, 3.63) is 76.5 Å². The van der Waals surface area contributed by atoms with Crippen molar-refractivity contribution in [1.29, 1.82) is 0 Å². The number of ether oxygens (including phenoxy) is 2. The highest BCUT2D eigenvalue weighted by Crippen LogP contribution is 2.23. The summed E-state index contributed by atoms with van der Waals surface area (Å²) in [5.41, 5.74) is 2.96. The Bertz CT molecular complexity index is 1040. The van der Waals surface area contributed by atoms with E-state index >= 15 is 0 Å². The van der Waals surface area contributed by atoms with E-state index in [0.29, 0.717) is 37.7 Å². The first-order chi connectivity index (χ1) is 17.2. The fourth-order valence-electron chi connectivity index (χ4n) is 3.36. The maximum absolute atomic E-state index is 12.1. The molecular weight excluding hydrogens is 482 g/mol. The lowest BCUT2D eigenvalue weighted by Gasteiger charge is -2.20. The fourth-order valence-corrected chi connectivity index (χ4v) is 3.49. The van der Waals surface area contributed by atoms with E-state index in [1.54, 1.807) is 33.2 Å². The van der Waals surface area contributed by atoms with Gasteiger partial charge in [-0.2, -0.15) is 0 Å². The van der Waals surface area contributed by atoms with Crippen LogP contribution in [0.25, 0.3) is 0 Å². The van der Waals surface area contributed by atoms with Gasteiger partial charge in [0.2, 0.25) is 12.3 Å². The maximum atomic E-state index is 12.1. The zero-order chi connectivity index (χ0) is 26.5. The number of rotatable bonds is 14. The van der Waals surface area contributed by atoms with Crippen molar-refractivity contribution in [3.63, 3.8) is 0 Å². The summed E-state index contributed by atoms with van der Waals surface area (Å²) in [5, 5.41) is 4.08. The van der Waals surface area contributed by atoms with Crippen molar-refractivity contribution in [2.24, 2.45) is 0 Å². The number of nitrogens with one attached hydrogen (secondary N) is 1. The molecule has 0 bridgehead atoms. The lowest BCUT2D eigenvalue weighted by molar-refractivity contribution is -0.143. The molecule has 194 valence electrons. The third-order valence-electron chi connectivity index (χ3n) is 5.42. The molecule has 0 spiro atoms. The fraction of sp³-hybridized carbons (Fsp3) is 0.370. The minimum absolute atomic E-state index is 0.211. The number of nitrogens with zero attached hydrogens (tertiary/aromatic N) is 2. The van der Waals surface area contributed by atoms with Crippen LogP contribution in [0.15, 0.2) is 54.7 Å². The Morgan fingerprint density at radius 1 is 1.14 bits per heavy atom. The predicted octanol–water partition coefficient (Wildman–Crippen LogP) is 3.87. The van der Waals surface area contributed by atoms with Crippen LogP contribution in [0.4, 0.5) is 0 Å². The molecule has 0 fully saturated rings. The van der Waals surface area contributed by atoms with Crippen molar-refractivity contribution in [2.75, 3.05) is 33.9 Å². The van der Waals surface area contributed by atoms with Crippen LogP contribution in [-0.4, -0.2) is 61.9 Å². The molecule has 36 heavy (non-hydrogen) atoms. The average Bonchev–Trinajstić information content (AvgIpc) is 2.86. The number of likely N-dealkylation sites (N-methyl/N-ethyl adjacent to an activating group) is 1. The van der Waals surface area contributed by atoms with Gasteiger partial charge >= 0.3 is 5.97 Å². The van der Waals surface area contributed by atoms with Gasteiger partial charge in [0.1, 0.15) is 12.4 Å². The highest BCUT2D eigenvalue weighted by molar-refractivity contribution is 6.30. The largest absolute Gasteiger partial charge is 0.491 e. The molecule has 0 heterocycles. The molecule has 2 amide bonds. The first kappa shape index (κ1) is 28.9. The van der Waals surface area contributed by atoms with E-state index in [4.69, 9.17) is 21.1 Å². The number of benzene rings is 2. The second-order valence-corrected chi connectivity index (χ2v) is 8.73. The molecule has 9 heteroatoms. The van der Waals surface area contributed by atoms with Gasteiger partial charge in [0.25, 0.3) is 0 Å². The van der Waals surface area contributed by atoms with E-state index in [1.807, 2.05) is 37.3 Å². The summed E-state index contributed by atoms with van der Waals surface area (Å²) >= 11 is 6.02. The number of halogens is 1. The summed E-state index contributed by atoms with van der Waals surface area (Å²) in [4.78, 5) is 37.6. The number of carbonyl (C=O) groups is 3. The van der Waals surface area contributed by atoms with Crippen LogP contribution < -0.4 is 10.1 Å². The number of aryl methyl sites for hydroxylation is 1. The van der Waals surface area contributed by atoms with E-state index < -0.39 is 0 Å². The van der Waals surface area contributed by atoms with E-state index in [-0.39, 0.29) is 24.3 Å². The molecule has 1 atom stereocenters. The third kappa shape index (κ3) is 9.71. The topological polar surface area (TPSA) is 88.2 Å². The Labute approximate surface area is 217 Å². The lowest BCUT2D eigenvalue weighted by Crippen LogP contribution is -2.29. The molecule has 2 aromatic rings. The lowest BCUT2D eigenvalue weighted by atomic mass is 10.0. The Kier molecular flexibility index (Phi) is 12.0. The van der Waals surface area contributed by atoms with Crippen molar-refractivity contribution in [1.82, 2.24) is 15.1 Å². The summed E-state index contributed by atoms with van der Waals surface area (Å²) in [6, 6.07) is 13.1. The molecule has 1 N–H and O–H groups in total. The molecule has 1 unspecified atom stereocenters. The van der Waals surface area contributed by atoms with Crippen molar-refractivity contribution < 1.29 is 23.9 Å². The third-order valence-corrected chi connectivity index (χ3v) is 5.67. The van der Waals surface area contributed by atoms with Gasteiger partial charge in [0.15, 0.2) is 0 Å². The van der Waals surface area contributed by atoms with Gasteiger partial charge in [0, 0.05) is 44.0 Å². The van der Waals surface area contributed by atoms with Gasteiger partial charge in [-0.25, -0.2) is 0 Å². The van der Waals surface area contributed by atoms with E-state index in [0.717, 1.165) is 22.4 Å². The van der Waals surface area contributed by atoms with Gasteiger partial charge < -0.3 is 24.6 Å². The van der Waals surface area contributed by atoms with Crippen molar-refractivity contribution >= 4 is 29.9 Å². The van der Waals surface area contributed by atoms with Gasteiger partial charge in [-0.1, -0.05) is 35.9 Å². The quantitative estimate of drug-likeness (QED) is 0.233. The normalized spacial score (nSPS) is 11.7. The minimum Gasteiger partial charge on any atom is -0.491 e. The highest BCUT2D eigenvalue weighted by Gasteiger charge is 2.17. The molecule has 0 aromatic heterocycles. The molecule has 8 nitrogen and oxygen atoms in total. The molecule has 0 aliphatic heterocycles. The molecule has 0 aliphatic carbocycles. The molecule has 2 aromatic carbocycles. The molecule has 0 saturated heterocycles. The summed E-state index contributed by atoms with van der Waals surface area (Å²) in [6.45, 7) is 5.36. The second kappa shape index (κ2) is 14.9. The highest BCUT2D eigenvalue weighted by atomic mass is 35.5. The first-order valence-electron chi connectivity index (χ1n) is 11.7. The molecular formula is C27H34ClN3O5. The van der Waals surface area contributed by atoms with Gasteiger partial charge in [-0.15, -0.1) is 0 Å². The number of amides is 2. The number of carbonyl (C=O) groups excluding carboxylic acids is 3. The molecule has 0 aliphatic rings. The van der Waals surface area contributed by atoms with Gasteiger partial charge in [-0.3, -0.25) is 14.4 Å². The first-order valence-corrected chi connectivity index (χ1v) is 12.1. The van der Waals surface area contributed by atoms with Crippen LogP contribution in [0.2, 0.25) is 5.02 Å². The Morgan fingerprint density at radius 2 is 1.86 bits per heavy atom. The number of esters is 1. The average molecular weight is 516 g/mol.